The molecular weight excluding hydrogens is 286 g/mol. The van der Waals surface area contributed by atoms with Gasteiger partial charge in [-0.2, -0.15) is 0 Å². The number of hydrogen-bond donors (Lipinski definition) is 4. The zero-order chi connectivity index (χ0) is 16.2. The summed E-state index contributed by atoms with van der Waals surface area (Å²) in [5, 5.41) is 19.5. The van der Waals surface area contributed by atoms with E-state index in [-0.39, 0.29) is 12.2 Å². The smallest absolute Gasteiger partial charge is 0.328 e. The molecule has 7 nitrogen and oxygen atoms in total. The fourth-order valence-corrected chi connectivity index (χ4v) is 2.77. The molecule has 0 aromatic carbocycles. The second kappa shape index (κ2) is 4.54. The molecule has 1 aliphatic rings. The van der Waals surface area contributed by atoms with Crippen molar-refractivity contribution in [3.05, 3.63) is 23.0 Å². The van der Waals surface area contributed by atoms with Crippen LogP contribution in [0.1, 0.15) is 37.7 Å². The minimum atomic E-state index is -1.60. The summed E-state index contributed by atoms with van der Waals surface area (Å²) >= 11 is 0. The van der Waals surface area contributed by atoms with Gasteiger partial charge in [-0.15, -0.1) is 0 Å². The number of H-pyrrole nitrogens is 2. The van der Waals surface area contributed by atoms with Crippen molar-refractivity contribution in [2.24, 2.45) is 4.99 Å². The monoisotopic (exact) mass is 303 g/mol. The van der Waals surface area contributed by atoms with Gasteiger partial charge < -0.3 is 20.2 Å². The van der Waals surface area contributed by atoms with Gasteiger partial charge in [-0.1, -0.05) is 0 Å². The average molecular weight is 303 g/mol. The molecule has 2 aromatic rings. The van der Waals surface area contributed by atoms with E-state index >= 15 is 0 Å². The van der Waals surface area contributed by atoms with E-state index in [1.165, 1.54) is 13.8 Å². The molecule has 0 fully saturated rings. The first-order valence-electron chi connectivity index (χ1n) is 6.97. The lowest BCUT2D eigenvalue weighted by Crippen LogP contribution is -2.30. The maximum atomic E-state index is 11.6. The van der Waals surface area contributed by atoms with Crippen LogP contribution in [-0.4, -0.2) is 43.7 Å². The van der Waals surface area contributed by atoms with Crippen molar-refractivity contribution in [2.75, 3.05) is 0 Å². The Kier molecular flexibility index (Phi) is 3.00. The Morgan fingerprint density at radius 3 is 2.68 bits per heavy atom. The van der Waals surface area contributed by atoms with Gasteiger partial charge >= 0.3 is 5.97 Å². The lowest BCUT2D eigenvalue weighted by atomic mass is 9.98. The first kappa shape index (κ1) is 14.5. The molecule has 0 radical (unpaired) electrons. The van der Waals surface area contributed by atoms with E-state index in [9.17, 15) is 19.8 Å². The van der Waals surface area contributed by atoms with Gasteiger partial charge in [0.25, 0.3) is 0 Å². The van der Waals surface area contributed by atoms with Crippen molar-refractivity contribution < 1.29 is 19.8 Å². The predicted molar refractivity (Wildman–Crippen MR) is 80.2 cm³/mol. The van der Waals surface area contributed by atoms with E-state index in [1.807, 2.05) is 0 Å². The van der Waals surface area contributed by atoms with Crippen LogP contribution in [0.3, 0.4) is 0 Å². The molecule has 0 spiro atoms. The number of rotatable bonds is 3. The van der Waals surface area contributed by atoms with Crippen LogP contribution in [0.25, 0.3) is 11.0 Å². The average Bonchev–Trinajstić information content (AvgIpc) is 2.97. The van der Waals surface area contributed by atoms with Gasteiger partial charge in [0.2, 0.25) is 0 Å². The molecule has 0 saturated carbocycles. The third-order valence-corrected chi connectivity index (χ3v) is 4.28. The van der Waals surface area contributed by atoms with Gasteiger partial charge in [-0.25, -0.2) is 4.79 Å². The molecule has 116 valence electrons. The number of carbonyl (C=O) groups is 2. The largest absolute Gasteiger partial charge is 0.480 e. The molecule has 0 aliphatic carbocycles. The molecule has 2 aromatic heterocycles. The van der Waals surface area contributed by atoms with Crippen LogP contribution in [0, 0.1) is 0 Å². The number of aliphatic imine (C=N–C) groups is 1. The molecule has 0 saturated heterocycles. The van der Waals surface area contributed by atoms with Crippen molar-refractivity contribution in [1.82, 2.24) is 9.97 Å². The number of Topliss-reactive ketones (excluding diaryl/α,β-unsaturated/α-hetero) is 1. The van der Waals surface area contributed by atoms with Crippen molar-refractivity contribution in [3.63, 3.8) is 0 Å². The number of aliphatic carboxylic acids is 1. The van der Waals surface area contributed by atoms with Gasteiger partial charge in [0, 0.05) is 12.0 Å². The van der Waals surface area contributed by atoms with Gasteiger partial charge in [-0.05, 0) is 26.8 Å². The minimum absolute atomic E-state index is 0.268. The van der Waals surface area contributed by atoms with E-state index in [1.54, 1.807) is 13.0 Å². The first-order valence-corrected chi connectivity index (χ1v) is 6.97. The van der Waals surface area contributed by atoms with E-state index in [0.29, 0.717) is 16.9 Å². The van der Waals surface area contributed by atoms with E-state index in [2.05, 4.69) is 15.0 Å². The van der Waals surface area contributed by atoms with Gasteiger partial charge in [0.1, 0.15) is 0 Å². The highest BCUT2D eigenvalue weighted by Crippen LogP contribution is 2.31. The van der Waals surface area contributed by atoms with Crippen LogP contribution in [0.2, 0.25) is 0 Å². The van der Waals surface area contributed by atoms with Crippen LogP contribution < -0.4 is 0 Å². The number of fused-ring (bicyclic) bond motifs is 3. The van der Waals surface area contributed by atoms with Gasteiger partial charge in [-0.3, -0.25) is 9.79 Å². The van der Waals surface area contributed by atoms with Crippen LogP contribution in [0.15, 0.2) is 11.1 Å². The molecule has 1 aliphatic heterocycles. The Bertz CT molecular complexity index is 825. The Labute approximate surface area is 126 Å². The second-order valence-corrected chi connectivity index (χ2v) is 5.85. The molecule has 0 amide bonds. The van der Waals surface area contributed by atoms with Crippen LogP contribution in [-0.2, 0) is 21.6 Å². The van der Waals surface area contributed by atoms with Crippen molar-refractivity contribution in [1.29, 1.82) is 0 Å². The molecule has 4 N–H and O–H groups in total. The van der Waals surface area contributed by atoms with Crippen LogP contribution >= 0.6 is 0 Å². The van der Waals surface area contributed by atoms with E-state index in [4.69, 9.17) is 0 Å². The highest BCUT2D eigenvalue weighted by atomic mass is 16.4. The number of carboxylic acid groups (broad SMARTS) is 1. The maximum Gasteiger partial charge on any atom is 0.328 e. The fraction of sp³-hybridized carbons (Fsp3) is 0.400. The number of aliphatic hydroxyl groups is 1. The number of nitrogens with zero attached hydrogens (tertiary/aromatic N) is 1. The zero-order valence-corrected chi connectivity index (χ0v) is 12.5. The second-order valence-electron chi connectivity index (χ2n) is 5.85. The number of aromatic amines is 2. The molecule has 3 rings (SSSR count). The molecule has 0 unspecified atom stereocenters. The maximum absolute atomic E-state index is 11.6. The summed E-state index contributed by atoms with van der Waals surface area (Å²) in [5.74, 6) is -1.34. The Balaban J connectivity index is 2.14. The van der Waals surface area contributed by atoms with Gasteiger partial charge in [0.15, 0.2) is 17.4 Å². The number of nitrogens with one attached hydrogen (secondary N) is 2. The minimum Gasteiger partial charge on any atom is -0.480 e. The molecule has 3 heterocycles. The quantitative estimate of drug-likeness (QED) is 0.679. The van der Waals surface area contributed by atoms with Crippen LogP contribution in [0.5, 0.6) is 0 Å². The molecule has 2 atom stereocenters. The normalized spacial score (nSPS) is 20.4. The van der Waals surface area contributed by atoms with E-state index in [0.717, 1.165) is 16.8 Å². The highest BCUT2D eigenvalue weighted by Gasteiger charge is 2.33. The number of carbonyl (C=O) groups excluding carboxylic acids is 1. The van der Waals surface area contributed by atoms with Gasteiger partial charge in [0.05, 0.1) is 28.1 Å². The summed E-state index contributed by atoms with van der Waals surface area (Å²) in [4.78, 5) is 33.2. The lowest BCUT2D eigenvalue weighted by molar-refractivity contribution is -0.138. The van der Waals surface area contributed by atoms with Crippen molar-refractivity contribution in [2.45, 2.75) is 38.8 Å². The first-order chi connectivity index (χ1) is 10.2. The fourth-order valence-electron chi connectivity index (χ4n) is 2.77. The zero-order valence-electron chi connectivity index (χ0n) is 12.5. The topological polar surface area (TPSA) is 119 Å². The van der Waals surface area contributed by atoms with E-state index < -0.39 is 17.6 Å². The summed E-state index contributed by atoms with van der Waals surface area (Å²) in [7, 11) is 0. The molecule has 7 heteroatoms. The molecular formula is C15H17N3O4. The highest BCUT2D eigenvalue weighted by molar-refractivity contribution is 6.06. The number of aromatic nitrogens is 2. The Hall–Kier alpha value is -2.41. The summed E-state index contributed by atoms with van der Waals surface area (Å²) < 4.78 is 0. The summed E-state index contributed by atoms with van der Waals surface area (Å²) in [6.45, 7) is 4.51. The Morgan fingerprint density at radius 2 is 2.09 bits per heavy atom. The van der Waals surface area contributed by atoms with Crippen LogP contribution in [0.4, 0.5) is 0 Å². The lowest BCUT2D eigenvalue weighted by Gasteiger charge is -2.19. The van der Waals surface area contributed by atoms with Crippen molar-refractivity contribution >= 4 is 28.5 Å². The number of hydrogen-bond acceptors (Lipinski definition) is 4. The SMILES string of the molecule is CC(=O)[C@@](C)(O)c1cc2[nH]c3c(c2[nH]1)C[C@@H](C(=O)O)N=C3C. The number of carboxylic acids is 1. The van der Waals surface area contributed by atoms with Crippen molar-refractivity contribution in [3.8, 4) is 0 Å². The third-order valence-electron chi connectivity index (χ3n) is 4.28. The number of ketones is 1. The third kappa shape index (κ3) is 1.97. The molecule has 22 heavy (non-hydrogen) atoms. The summed E-state index contributed by atoms with van der Waals surface area (Å²) in [6, 6.07) is 0.865. The predicted octanol–water partition coefficient (Wildman–Crippen LogP) is 1.11. The summed E-state index contributed by atoms with van der Waals surface area (Å²) in [5.41, 5.74) is 2.48. The molecule has 0 bridgehead atoms. The standard InChI is InChI=1S/C15H17N3O4/c1-6-12-8(4-10(16-6)14(20)21)13-9(17-12)5-11(18-13)15(3,22)7(2)19/h5,10,17-18,22H,4H2,1-3H3,(H,20,21)/t10-,15+/m0/s1. The Morgan fingerprint density at radius 1 is 1.41 bits per heavy atom. The summed E-state index contributed by atoms with van der Waals surface area (Å²) in [6.07, 6.45) is 0.268.